The summed E-state index contributed by atoms with van der Waals surface area (Å²) in [6.07, 6.45) is 2.75. The van der Waals surface area contributed by atoms with Crippen LogP contribution >= 0.6 is 0 Å². The number of fused-ring (bicyclic) bond motifs is 1. The Morgan fingerprint density at radius 3 is 2.72 bits per heavy atom. The van der Waals surface area contributed by atoms with E-state index in [4.69, 9.17) is 0 Å². The fourth-order valence-corrected chi connectivity index (χ4v) is 2.48. The van der Waals surface area contributed by atoms with Gasteiger partial charge in [0.2, 0.25) is 5.88 Å². The molecule has 1 aromatic carbocycles. The maximum atomic E-state index is 11.7. The van der Waals surface area contributed by atoms with E-state index in [0.29, 0.717) is 0 Å². The zero-order valence-electron chi connectivity index (χ0n) is 12.8. The number of aliphatic carboxylic acids is 1. The summed E-state index contributed by atoms with van der Waals surface area (Å²) in [5.41, 5.74) is -0.403. The number of carboxylic acid groups (broad SMARTS) is 1. The van der Waals surface area contributed by atoms with Gasteiger partial charge in [0.1, 0.15) is 5.56 Å². The van der Waals surface area contributed by atoms with Gasteiger partial charge in [0.15, 0.2) is 6.04 Å². The van der Waals surface area contributed by atoms with Gasteiger partial charge >= 0.3 is 11.7 Å². The molecule has 0 aliphatic heterocycles. The lowest BCUT2D eigenvalue weighted by atomic mass is 10.1. The van der Waals surface area contributed by atoms with E-state index in [0.717, 1.165) is 22.7 Å². The summed E-state index contributed by atoms with van der Waals surface area (Å²) in [7, 11) is 0. The van der Waals surface area contributed by atoms with E-state index in [1.165, 1.54) is 0 Å². The average molecular weight is 342 g/mol. The van der Waals surface area contributed by atoms with E-state index >= 15 is 0 Å². The van der Waals surface area contributed by atoms with E-state index in [9.17, 15) is 24.6 Å². The lowest BCUT2D eigenvalue weighted by molar-refractivity contribution is -0.138. The van der Waals surface area contributed by atoms with Gasteiger partial charge in [-0.25, -0.2) is 9.59 Å². The summed E-state index contributed by atoms with van der Waals surface area (Å²) < 4.78 is 0. The van der Waals surface area contributed by atoms with Crippen LogP contribution in [0.2, 0.25) is 0 Å². The molecular formula is C16H14N4O5. The van der Waals surface area contributed by atoms with Gasteiger partial charge in [-0.3, -0.25) is 19.8 Å². The first-order valence-electron chi connectivity index (χ1n) is 7.32. The number of H-pyrrole nitrogens is 3. The number of hydrogen-bond donors (Lipinski definition) is 5. The smallest absolute Gasteiger partial charge is 0.328 e. The van der Waals surface area contributed by atoms with Crippen molar-refractivity contribution in [3.05, 3.63) is 62.4 Å². The second-order valence-corrected chi connectivity index (χ2v) is 5.37. The van der Waals surface area contributed by atoms with E-state index in [1.807, 2.05) is 34.2 Å². The summed E-state index contributed by atoms with van der Waals surface area (Å²) in [6, 6.07) is 6.28. The molecule has 0 fully saturated rings. The zero-order valence-corrected chi connectivity index (χ0v) is 12.8. The molecule has 128 valence electrons. The van der Waals surface area contributed by atoms with Crippen molar-refractivity contribution in [3.63, 3.8) is 0 Å². The van der Waals surface area contributed by atoms with E-state index in [-0.39, 0.29) is 12.0 Å². The van der Waals surface area contributed by atoms with Gasteiger partial charge in [0.25, 0.3) is 5.56 Å². The van der Waals surface area contributed by atoms with Crippen molar-refractivity contribution in [3.8, 4) is 5.88 Å². The normalized spacial score (nSPS) is 12.6. The molecule has 3 aromatic rings. The first kappa shape index (κ1) is 16.2. The van der Waals surface area contributed by atoms with Gasteiger partial charge in [-0.15, -0.1) is 0 Å². The Labute approximate surface area is 139 Å². The second-order valence-electron chi connectivity index (χ2n) is 5.37. The van der Waals surface area contributed by atoms with Gasteiger partial charge in [-0.1, -0.05) is 18.2 Å². The standard InChI is InChI=1S/C16H14N4O5/c21-13-10(14(22)20-16(25)19-13)7-18-12(15(23)24)5-8-6-17-11-4-2-1-3-9(8)11/h1-4,6-7,12,17H,5H2,(H,23,24)(H3,19,20,21,22,25)/t12-/m1/s1. The molecule has 0 amide bonds. The first-order chi connectivity index (χ1) is 12.0. The third kappa shape index (κ3) is 3.34. The van der Waals surface area contributed by atoms with E-state index < -0.39 is 29.1 Å². The number of nitrogens with one attached hydrogen (secondary N) is 3. The predicted molar refractivity (Wildman–Crippen MR) is 90.4 cm³/mol. The molecule has 0 bridgehead atoms. The Kier molecular flexibility index (Phi) is 4.21. The maximum absolute atomic E-state index is 11.7. The Morgan fingerprint density at radius 2 is 2.00 bits per heavy atom. The Balaban J connectivity index is 1.91. The van der Waals surface area contributed by atoms with Crippen LogP contribution in [0.4, 0.5) is 0 Å². The van der Waals surface area contributed by atoms with Crippen LogP contribution in [-0.2, 0) is 11.2 Å². The molecule has 0 aliphatic carbocycles. The second kappa shape index (κ2) is 6.48. The molecule has 0 aliphatic rings. The molecule has 25 heavy (non-hydrogen) atoms. The molecule has 0 saturated carbocycles. The molecule has 0 spiro atoms. The van der Waals surface area contributed by atoms with E-state index in [1.54, 1.807) is 6.20 Å². The number of benzene rings is 1. The Hall–Kier alpha value is -3.62. The van der Waals surface area contributed by atoms with Crippen LogP contribution in [0.25, 0.3) is 10.9 Å². The maximum Gasteiger partial charge on any atom is 0.328 e. The molecule has 0 saturated heterocycles. The first-order valence-corrected chi connectivity index (χ1v) is 7.32. The summed E-state index contributed by atoms with van der Waals surface area (Å²) in [5, 5.41) is 19.9. The van der Waals surface area contributed by atoms with Gasteiger partial charge in [-0.05, 0) is 11.6 Å². The molecule has 0 unspecified atom stereocenters. The van der Waals surface area contributed by atoms with Crippen molar-refractivity contribution in [1.82, 2.24) is 15.0 Å². The van der Waals surface area contributed by atoms with Gasteiger partial charge in [0, 0.05) is 29.7 Å². The summed E-state index contributed by atoms with van der Waals surface area (Å²) in [4.78, 5) is 45.0. The minimum atomic E-state index is -1.18. The van der Waals surface area contributed by atoms with Gasteiger partial charge in [-0.2, -0.15) is 0 Å². The number of rotatable bonds is 5. The topological polar surface area (TPSA) is 151 Å². The number of aromatic nitrogens is 3. The largest absolute Gasteiger partial charge is 0.494 e. The van der Waals surface area contributed by atoms with Crippen molar-refractivity contribution >= 4 is 23.1 Å². The van der Waals surface area contributed by atoms with Gasteiger partial charge in [0.05, 0.1) is 0 Å². The molecular weight excluding hydrogens is 328 g/mol. The lowest BCUT2D eigenvalue weighted by Gasteiger charge is -2.06. The molecule has 3 rings (SSSR count). The molecule has 9 nitrogen and oxygen atoms in total. The Morgan fingerprint density at radius 1 is 1.24 bits per heavy atom. The zero-order chi connectivity index (χ0) is 18.0. The minimum absolute atomic E-state index is 0.0951. The predicted octanol–water partition coefficient (Wildman–Crippen LogP) is 0.365. The van der Waals surface area contributed by atoms with Crippen LogP contribution in [0.3, 0.4) is 0 Å². The number of hydrogen-bond acceptors (Lipinski definition) is 5. The number of carboxylic acids is 1. The summed E-state index contributed by atoms with van der Waals surface area (Å²) >= 11 is 0. The highest BCUT2D eigenvalue weighted by atomic mass is 16.4. The molecule has 2 aromatic heterocycles. The van der Waals surface area contributed by atoms with Crippen LogP contribution in [0.1, 0.15) is 11.1 Å². The molecule has 1 atom stereocenters. The highest BCUT2D eigenvalue weighted by Crippen LogP contribution is 2.20. The quantitative estimate of drug-likeness (QED) is 0.424. The Bertz CT molecular complexity index is 1080. The fraction of sp³-hybridized carbons (Fsp3) is 0.125. The molecule has 2 heterocycles. The van der Waals surface area contributed by atoms with Crippen LogP contribution in [0.15, 0.2) is 45.0 Å². The van der Waals surface area contributed by atoms with Crippen LogP contribution in [0.5, 0.6) is 5.88 Å². The number of aliphatic imine (C=N–C) groups is 1. The van der Waals surface area contributed by atoms with Crippen molar-refractivity contribution in [1.29, 1.82) is 0 Å². The highest BCUT2D eigenvalue weighted by Gasteiger charge is 2.19. The van der Waals surface area contributed by atoms with Crippen LogP contribution in [-0.4, -0.2) is 43.4 Å². The summed E-state index contributed by atoms with van der Waals surface area (Å²) in [6.45, 7) is 0. The number of aromatic hydroxyl groups is 1. The monoisotopic (exact) mass is 342 g/mol. The number of nitrogens with zero attached hydrogens (tertiary/aromatic N) is 1. The van der Waals surface area contributed by atoms with Crippen molar-refractivity contribution in [2.24, 2.45) is 4.99 Å². The van der Waals surface area contributed by atoms with Crippen molar-refractivity contribution in [2.75, 3.05) is 0 Å². The third-order valence-corrected chi connectivity index (χ3v) is 3.72. The SMILES string of the molecule is O=C(O)[C@@H](Cc1c[nH]c2ccccc12)N=Cc1c(O)[nH]c(=O)[nH]c1=O. The molecule has 5 N–H and O–H groups in total. The average Bonchev–Trinajstić information content (AvgIpc) is 2.95. The highest BCUT2D eigenvalue weighted by molar-refractivity contribution is 5.87. The molecule has 9 heteroatoms. The fourth-order valence-electron chi connectivity index (χ4n) is 2.48. The van der Waals surface area contributed by atoms with E-state index in [2.05, 4.69) is 9.98 Å². The number of carbonyl (C=O) groups is 1. The van der Waals surface area contributed by atoms with Crippen LogP contribution < -0.4 is 11.2 Å². The van der Waals surface area contributed by atoms with Crippen molar-refractivity contribution in [2.45, 2.75) is 12.5 Å². The van der Waals surface area contributed by atoms with Gasteiger partial charge < -0.3 is 15.2 Å². The number of aromatic amines is 3. The molecule has 0 radical (unpaired) electrons. The number of para-hydroxylation sites is 1. The van der Waals surface area contributed by atoms with Crippen molar-refractivity contribution < 1.29 is 15.0 Å². The summed E-state index contributed by atoms with van der Waals surface area (Å²) in [5.74, 6) is -1.85. The minimum Gasteiger partial charge on any atom is -0.494 e. The van der Waals surface area contributed by atoms with Crippen LogP contribution in [0, 0.1) is 0 Å². The third-order valence-electron chi connectivity index (χ3n) is 3.72. The lowest BCUT2D eigenvalue weighted by Crippen LogP contribution is -2.26.